The van der Waals surface area contributed by atoms with Crippen LogP contribution in [0.25, 0.3) is 0 Å². The van der Waals surface area contributed by atoms with Crippen molar-refractivity contribution in [1.29, 1.82) is 0 Å². The molecule has 0 aliphatic carbocycles. The van der Waals surface area contributed by atoms with Gasteiger partial charge < -0.3 is 10.6 Å². The number of carbonyl (C=O) groups is 1. The second-order valence-corrected chi connectivity index (χ2v) is 6.30. The molecular weight excluding hydrogens is 328 g/mol. The van der Waals surface area contributed by atoms with E-state index in [1.54, 1.807) is 0 Å². The van der Waals surface area contributed by atoms with E-state index in [2.05, 4.69) is 32.6 Å². The minimum atomic E-state index is -0.0841. The number of hydrogen-bond acceptors (Lipinski definition) is 2. The lowest BCUT2D eigenvalue weighted by Crippen LogP contribution is -2.13. The van der Waals surface area contributed by atoms with Gasteiger partial charge in [0.25, 0.3) is 5.91 Å². The molecule has 21 heavy (non-hydrogen) atoms. The van der Waals surface area contributed by atoms with Crippen LogP contribution >= 0.6 is 15.9 Å². The van der Waals surface area contributed by atoms with E-state index in [0.717, 1.165) is 34.4 Å². The Morgan fingerprint density at radius 1 is 1.24 bits per heavy atom. The zero-order valence-corrected chi connectivity index (χ0v) is 13.7. The smallest absolute Gasteiger partial charge is 0.255 e. The molecule has 4 heteroatoms. The molecule has 3 rings (SSSR count). The summed E-state index contributed by atoms with van der Waals surface area (Å²) in [6.07, 6.45) is 1.03. The zero-order valence-electron chi connectivity index (χ0n) is 12.1. The second-order valence-electron chi connectivity index (χ2n) is 5.44. The maximum atomic E-state index is 12.4. The Morgan fingerprint density at radius 3 is 2.81 bits per heavy atom. The normalized spacial score (nSPS) is 12.7. The molecule has 0 unspecified atom stereocenters. The van der Waals surface area contributed by atoms with Crippen molar-refractivity contribution < 1.29 is 4.79 Å². The average molecular weight is 345 g/mol. The van der Waals surface area contributed by atoms with E-state index >= 15 is 0 Å². The molecule has 1 aliphatic heterocycles. The number of halogens is 1. The first-order valence-electron chi connectivity index (χ1n) is 6.99. The largest absolute Gasteiger partial charge is 0.384 e. The molecule has 0 fully saturated rings. The van der Waals surface area contributed by atoms with Crippen LogP contribution in [-0.4, -0.2) is 12.5 Å². The van der Waals surface area contributed by atoms with Gasteiger partial charge in [-0.15, -0.1) is 0 Å². The third-order valence-corrected chi connectivity index (χ3v) is 4.38. The predicted octanol–water partition coefficient (Wildman–Crippen LogP) is 4.29. The summed E-state index contributed by atoms with van der Waals surface area (Å²) in [6, 6.07) is 9.91. The molecule has 0 spiro atoms. The second kappa shape index (κ2) is 5.53. The summed E-state index contributed by atoms with van der Waals surface area (Å²) in [5, 5.41) is 6.30. The summed E-state index contributed by atoms with van der Waals surface area (Å²) in [7, 11) is 0. The molecular formula is C17H17BrN2O. The molecule has 0 radical (unpaired) electrons. The Labute approximate surface area is 132 Å². The molecule has 108 valence electrons. The minimum Gasteiger partial charge on any atom is -0.384 e. The molecule has 0 bridgehead atoms. The van der Waals surface area contributed by atoms with Crippen LogP contribution < -0.4 is 10.6 Å². The lowest BCUT2D eigenvalue weighted by molar-refractivity contribution is 0.102. The van der Waals surface area contributed by atoms with Crippen molar-refractivity contribution in [2.24, 2.45) is 0 Å². The third-order valence-electron chi connectivity index (χ3n) is 3.75. The Balaban J connectivity index is 1.87. The number of anilines is 2. The van der Waals surface area contributed by atoms with Crippen LogP contribution in [0.1, 0.15) is 27.0 Å². The molecule has 3 nitrogen and oxygen atoms in total. The van der Waals surface area contributed by atoms with Gasteiger partial charge in [-0.25, -0.2) is 0 Å². The maximum Gasteiger partial charge on any atom is 0.255 e. The van der Waals surface area contributed by atoms with E-state index in [9.17, 15) is 4.79 Å². The van der Waals surface area contributed by atoms with Gasteiger partial charge in [-0.1, -0.05) is 12.1 Å². The zero-order chi connectivity index (χ0) is 15.0. The van der Waals surface area contributed by atoms with Crippen LogP contribution in [0.4, 0.5) is 11.4 Å². The Kier molecular flexibility index (Phi) is 3.72. The highest BCUT2D eigenvalue weighted by molar-refractivity contribution is 9.10. The number of benzene rings is 2. The van der Waals surface area contributed by atoms with Gasteiger partial charge in [0.2, 0.25) is 0 Å². The molecule has 2 aromatic rings. The lowest BCUT2D eigenvalue weighted by atomic mass is 10.1. The lowest BCUT2D eigenvalue weighted by Gasteiger charge is -2.12. The number of rotatable bonds is 2. The number of carbonyl (C=O) groups excluding carboxylic acids is 1. The van der Waals surface area contributed by atoms with E-state index in [0.29, 0.717) is 5.56 Å². The Hall–Kier alpha value is -1.81. The quantitative estimate of drug-likeness (QED) is 0.853. The van der Waals surface area contributed by atoms with Gasteiger partial charge >= 0.3 is 0 Å². The van der Waals surface area contributed by atoms with Gasteiger partial charge in [0, 0.05) is 22.3 Å². The fraction of sp³-hybridized carbons (Fsp3) is 0.235. The predicted molar refractivity (Wildman–Crippen MR) is 90.2 cm³/mol. The van der Waals surface area contributed by atoms with Gasteiger partial charge in [0.05, 0.1) is 5.69 Å². The van der Waals surface area contributed by atoms with Crippen LogP contribution in [-0.2, 0) is 6.42 Å². The van der Waals surface area contributed by atoms with E-state index < -0.39 is 0 Å². The minimum absolute atomic E-state index is 0.0841. The molecule has 2 aromatic carbocycles. The number of hydrogen-bond donors (Lipinski definition) is 2. The fourth-order valence-electron chi connectivity index (χ4n) is 2.69. The molecule has 0 saturated carbocycles. The highest BCUT2D eigenvalue weighted by Crippen LogP contribution is 2.29. The summed E-state index contributed by atoms with van der Waals surface area (Å²) in [5.41, 5.74) is 6.07. The van der Waals surface area contributed by atoms with Gasteiger partial charge in [-0.05, 0) is 71.1 Å². The van der Waals surface area contributed by atoms with Crippen molar-refractivity contribution in [2.75, 3.05) is 17.2 Å². The van der Waals surface area contributed by atoms with Crippen molar-refractivity contribution in [3.8, 4) is 0 Å². The summed E-state index contributed by atoms with van der Waals surface area (Å²) in [4.78, 5) is 12.4. The number of amides is 1. The summed E-state index contributed by atoms with van der Waals surface area (Å²) >= 11 is 3.52. The molecule has 1 aliphatic rings. The first-order valence-corrected chi connectivity index (χ1v) is 7.79. The molecule has 0 aromatic heterocycles. The summed E-state index contributed by atoms with van der Waals surface area (Å²) in [5.74, 6) is -0.0841. The highest BCUT2D eigenvalue weighted by Gasteiger charge is 2.15. The molecule has 0 saturated heterocycles. The number of fused-ring (bicyclic) bond motifs is 1. The highest BCUT2D eigenvalue weighted by atomic mass is 79.9. The monoisotopic (exact) mass is 344 g/mol. The van der Waals surface area contributed by atoms with Crippen molar-refractivity contribution in [3.63, 3.8) is 0 Å². The standard InChI is InChI=1S/C17H17BrN2O/c1-10-7-11(2)16(14(18)8-10)20-17(21)13-4-3-12-5-6-19-15(12)9-13/h3-4,7-9,19H,5-6H2,1-2H3,(H,20,21). The van der Waals surface area contributed by atoms with Crippen molar-refractivity contribution in [2.45, 2.75) is 20.3 Å². The third kappa shape index (κ3) is 2.81. The maximum absolute atomic E-state index is 12.4. The summed E-state index contributed by atoms with van der Waals surface area (Å²) in [6.45, 7) is 4.98. The van der Waals surface area contributed by atoms with E-state index in [1.165, 1.54) is 11.1 Å². The van der Waals surface area contributed by atoms with Crippen molar-refractivity contribution in [3.05, 3.63) is 57.1 Å². The average Bonchev–Trinajstić information content (AvgIpc) is 2.89. The van der Waals surface area contributed by atoms with E-state index in [4.69, 9.17) is 0 Å². The Bertz CT molecular complexity index is 702. The van der Waals surface area contributed by atoms with Crippen molar-refractivity contribution in [1.82, 2.24) is 0 Å². The van der Waals surface area contributed by atoms with E-state index in [1.807, 2.05) is 38.1 Å². The fourth-order valence-corrected chi connectivity index (χ4v) is 3.46. The molecule has 1 heterocycles. The first kappa shape index (κ1) is 14.1. The van der Waals surface area contributed by atoms with Gasteiger partial charge in [0.15, 0.2) is 0 Å². The first-order chi connectivity index (χ1) is 10.0. The van der Waals surface area contributed by atoms with Gasteiger partial charge in [-0.3, -0.25) is 4.79 Å². The van der Waals surface area contributed by atoms with Crippen LogP contribution in [0.5, 0.6) is 0 Å². The van der Waals surface area contributed by atoms with E-state index in [-0.39, 0.29) is 5.91 Å². The topological polar surface area (TPSA) is 41.1 Å². The van der Waals surface area contributed by atoms with Crippen molar-refractivity contribution >= 4 is 33.2 Å². The molecule has 1 amide bonds. The number of nitrogens with one attached hydrogen (secondary N) is 2. The van der Waals surface area contributed by atoms with Crippen LogP contribution in [0, 0.1) is 13.8 Å². The molecule has 0 atom stereocenters. The van der Waals surface area contributed by atoms with Gasteiger partial charge in [-0.2, -0.15) is 0 Å². The van der Waals surface area contributed by atoms with Crippen LogP contribution in [0.2, 0.25) is 0 Å². The summed E-state index contributed by atoms with van der Waals surface area (Å²) < 4.78 is 0.910. The van der Waals surface area contributed by atoms with Gasteiger partial charge in [0.1, 0.15) is 0 Å². The number of aryl methyl sites for hydroxylation is 2. The SMILES string of the molecule is Cc1cc(C)c(NC(=O)c2ccc3c(c2)NCC3)c(Br)c1. The molecule has 2 N–H and O–H groups in total. The Morgan fingerprint density at radius 2 is 2.05 bits per heavy atom. The van der Waals surface area contributed by atoms with Crippen LogP contribution in [0.15, 0.2) is 34.8 Å². The van der Waals surface area contributed by atoms with Crippen LogP contribution in [0.3, 0.4) is 0 Å².